The molecule has 0 bridgehead atoms. The second kappa shape index (κ2) is 3.85. The molecule has 2 N–H and O–H groups in total. The minimum atomic E-state index is 0.603. The fraction of sp³-hybridized carbons (Fsp3) is 0.571. The van der Waals surface area contributed by atoms with Gasteiger partial charge in [-0.25, -0.2) is 0 Å². The summed E-state index contributed by atoms with van der Waals surface area (Å²) in [5.41, 5.74) is 0. The van der Waals surface area contributed by atoms with E-state index in [0.717, 1.165) is 12.2 Å². The van der Waals surface area contributed by atoms with Crippen molar-refractivity contribution in [2.75, 3.05) is 24.7 Å². The van der Waals surface area contributed by atoms with Crippen molar-refractivity contribution in [3.63, 3.8) is 0 Å². The Morgan fingerprint density at radius 2 is 1.50 bits per heavy atom. The molecule has 0 unspecified atom stereocenters. The van der Waals surface area contributed by atoms with Crippen LogP contribution in [0.5, 0.6) is 0 Å². The van der Waals surface area contributed by atoms with Crippen LogP contribution in [0.1, 0.15) is 12.7 Å². The molecule has 0 atom stereocenters. The third kappa shape index (κ3) is 1.81. The van der Waals surface area contributed by atoms with Crippen molar-refractivity contribution in [1.29, 1.82) is 0 Å². The Kier molecular flexibility index (Phi) is 2.79. The molecule has 0 fully saturated rings. The summed E-state index contributed by atoms with van der Waals surface area (Å²) in [4.78, 5) is 12.4. The highest BCUT2D eigenvalue weighted by molar-refractivity contribution is 5.33. The molecule has 0 aliphatic carbocycles. The van der Waals surface area contributed by atoms with Crippen LogP contribution in [0, 0.1) is 0 Å². The highest BCUT2D eigenvalue weighted by Crippen LogP contribution is 2.03. The third-order valence-corrected chi connectivity index (χ3v) is 1.45. The maximum Gasteiger partial charge on any atom is 0.227 e. The Labute approximate surface area is 71.6 Å². The molecule has 0 radical (unpaired) electrons. The summed E-state index contributed by atoms with van der Waals surface area (Å²) < 4.78 is 0. The van der Waals surface area contributed by atoms with Crippen LogP contribution in [0.3, 0.4) is 0 Å². The zero-order chi connectivity index (χ0) is 8.97. The number of hydrogen-bond donors (Lipinski definition) is 2. The van der Waals surface area contributed by atoms with Gasteiger partial charge in [0, 0.05) is 20.5 Å². The summed E-state index contributed by atoms with van der Waals surface area (Å²) in [6.07, 6.45) is 0.811. The summed E-state index contributed by atoms with van der Waals surface area (Å²) in [6.45, 7) is 2.01. The van der Waals surface area contributed by atoms with E-state index in [1.54, 1.807) is 14.1 Å². The number of nitrogens with zero attached hydrogens (tertiary/aromatic N) is 3. The van der Waals surface area contributed by atoms with Crippen molar-refractivity contribution >= 4 is 11.9 Å². The molecular weight excluding hydrogens is 154 g/mol. The van der Waals surface area contributed by atoms with Gasteiger partial charge in [0.15, 0.2) is 0 Å². The van der Waals surface area contributed by atoms with E-state index in [4.69, 9.17) is 0 Å². The first-order chi connectivity index (χ1) is 5.80. The number of hydrogen-bond acceptors (Lipinski definition) is 5. The van der Waals surface area contributed by atoms with Crippen molar-refractivity contribution in [2.24, 2.45) is 0 Å². The quantitative estimate of drug-likeness (QED) is 0.687. The van der Waals surface area contributed by atoms with Gasteiger partial charge < -0.3 is 10.6 Å². The largest absolute Gasteiger partial charge is 0.357 e. The Hall–Kier alpha value is -1.39. The van der Waals surface area contributed by atoms with Crippen LogP contribution in [0.25, 0.3) is 0 Å². The van der Waals surface area contributed by atoms with E-state index < -0.39 is 0 Å². The molecule has 0 amide bonds. The smallest absolute Gasteiger partial charge is 0.227 e. The van der Waals surface area contributed by atoms with Gasteiger partial charge in [-0.3, -0.25) is 0 Å². The van der Waals surface area contributed by atoms with Crippen LogP contribution in [-0.4, -0.2) is 29.0 Å². The minimum Gasteiger partial charge on any atom is -0.357 e. The molecule has 12 heavy (non-hydrogen) atoms. The van der Waals surface area contributed by atoms with E-state index in [0.29, 0.717) is 11.9 Å². The van der Waals surface area contributed by atoms with E-state index in [1.165, 1.54) is 0 Å². The monoisotopic (exact) mass is 167 g/mol. The van der Waals surface area contributed by atoms with E-state index in [9.17, 15) is 0 Å². The van der Waals surface area contributed by atoms with E-state index >= 15 is 0 Å². The standard InChI is InChI=1S/C7H13N5/c1-4-5-10-6(8-2)12-7(9-3)11-5/h4H2,1-3H3,(H2,8,9,10,11,12). The number of nitrogens with one attached hydrogen (secondary N) is 2. The summed E-state index contributed by atoms with van der Waals surface area (Å²) >= 11 is 0. The van der Waals surface area contributed by atoms with Crippen molar-refractivity contribution < 1.29 is 0 Å². The molecule has 0 saturated carbocycles. The predicted octanol–water partition coefficient (Wildman–Crippen LogP) is 0.517. The van der Waals surface area contributed by atoms with Crippen LogP contribution >= 0.6 is 0 Å². The van der Waals surface area contributed by atoms with Crippen LogP contribution < -0.4 is 10.6 Å². The van der Waals surface area contributed by atoms with Gasteiger partial charge in [-0.2, -0.15) is 15.0 Å². The first-order valence-corrected chi connectivity index (χ1v) is 3.90. The Balaban J connectivity index is 3.01. The Morgan fingerprint density at radius 3 is 1.83 bits per heavy atom. The van der Waals surface area contributed by atoms with Crippen LogP contribution in [0.15, 0.2) is 0 Å². The fourth-order valence-electron chi connectivity index (χ4n) is 0.802. The average Bonchev–Trinajstić information content (AvgIpc) is 2.16. The van der Waals surface area contributed by atoms with Crippen LogP contribution in [0.2, 0.25) is 0 Å². The first kappa shape index (κ1) is 8.70. The lowest BCUT2D eigenvalue weighted by Gasteiger charge is -2.03. The lowest BCUT2D eigenvalue weighted by Crippen LogP contribution is -2.06. The zero-order valence-corrected chi connectivity index (χ0v) is 7.55. The second-order valence-electron chi connectivity index (χ2n) is 2.25. The lowest BCUT2D eigenvalue weighted by molar-refractivity contribution is 0.905. The van der Waals surface area contributed by atoms with Crippen LogP contribution in [-0.2, 0) is 6.42 Å². The lowest BCUT2D eigenvalue weighted by atomic mass is 10.4. The molecule has 0 aliphatic heterocycles. The van der Waals surface area contributed by atoms with E-state index in [2.05, 4.69) is 25.6 Å². The molecule has 0 aliphatic rings. The van der Waals surface area contributed by atoms with Gasteiger partial charge in [0.25, 0.3) is 0 Å². The van der Waals surface area contributed by atoms with Gasteiger partial charge in [-0.05, 0) is 0 Å². The first-order valence-electron chi connectivity index (χ1n) is 3.90. The molecule has 1 aromatic heterocycles. The van der Waals surface area contributed by atoms with E-state index in [1.807, 2.05) is 6.92 Å². The molecule has 66 valence electrons. The summed E-state index contributed by atoms with van der Waals surface area (Å²) in [5, 5.41) is 5.75. The summed E-state index contributed by atoms with van der Waals surface area (Å²) in [7, 11) is 3.57. The second-order valence-corrected chi connectivity index (χ2v) is 2.25. The van der Waals surface area contributed by atoms with Gasteiger partial charge in [0.05, 0.1) is 0 Å². The molecule has 1 aromatic rings. The normalized spacial score (nSPS) is 9.58. The zero-order valence-electron chi connectivity index (χ0n) is 7.55. The van der Waals surface area contributed by atoms with Crippen LogP contribution in [0.4, 0.5) is 11.9 Å². The van der Waals surface area contributed by atoms with Gasteiger partial charge in [0.1, 0.15) is 5.82 Å². The number of anilines is 2. The third-order valence-electron chi connectivity index (χ3n) is 1.45. The molecular formula is C7H13N5. The highest BCUT2D eigenvalue weighted by Gasteiger charge is 2.00. The van der Waals surface area contributed by atoms with Crippen molar-refractivity contribution in [3.05, 3.63) is 5.82 Å². The van der Waals surface area contributed by atoms with Crippen molar-refractivity contribution in [1.82, 2.24) is 15.0 Å². The van der Waals surface area contributed by atoms with Gasteiger partial charge in [0.2, 0.25) is 11.9 Å². The number of aryl methyl sites for hydroxylation is 1. The minimum absolute atomic E-state index is 0.603. The summed E-state index contributed by atoms with van der Waals surface area (Å²) in [6, 6.07) is 0. The molecule has 0 saturated heterocycles. The molecule has 5 heteroatoms. The number of aromatic nitrogens is 3. The molecule has 5 nitrogen and oxygen atoms in total. The number of rotatable bonds is 3. The van der Waals surface area contributed by atoms with Gasteiger partial charge >= 0.3 is 0 Å². The van der Waals surface area contributed by atoms with Gasteiger partial charge in [-0.15, -0.1) is 0 Å². The SMILES string of the molecule is CCc1nc(NC)nc(NC)n1. The topological polar surface area (TPSA) is 62.7 Å². The van der Waals surface area contributed by atoms with Crippen molar-refractivity contribution in [3.8, 4) is 0 Å². The molecule has 0 aromatic carbocycles. The molecule has 0 spiro atoms. The molecule has 1 rings (SSSR count). The fourth-order valence-corrected chi connectivity index (χ4v) is 0.802. The van der Waals surface area contributed by atoms with E-state index in [-0.39, 0.29) is 0 Å². The average molecular weight is 167 g/mol. The predicted molar refractivity (Wildman–Crippen MR) is 48.3 cm³/mol. The van der Waals surface area contributed by atoms with Crippen molar-refractivity contribution in [2.45, 2.75) is 13.3 Å². The maximum atomic E-state index is 4.14. The van der Waals surface area contributed by atoms with Gasteiger partial charge in [-0.1, -0.05) is 6.92 Å². The Morgan fingerprint density at radius 1 is 1.00 bits per heavy atom. The molecule has 1 heterocycles. The maximum absolute atomic E-state index is 4.14. The summed E-state index contributed by atoms with van der Waals surface area (Å²) in [5.74, 6) is 2.00. The Bertz CT molecular complexity index is 205. The highest BCUT2D eigenvalue weighted by atomic mass is 15.2.